The average Bonchev–Trinajstić information content (AvgIpc) is 2.77. The zero-order valence-corrected chi connectivity index (χ0v) is 15.1. The van der Waals surface area contributed by atoms with E-state index in [-0.39, 0.29) is 23.1 Å². The van der Waals surface area contributed by atoms with Crippen LogP contribution in [0.4, 0.5) is 0 Å². The number of β-lactam (4-membered cyclic amide) rings is 1. The van der Waals surface area contributed by atoms with Gasteiger partial charge in [-0.3, -0.25) is 9.57 Å². The summed E-state index contributed by atoms with van der Waals surface area (Å²) in [6.45, 7) is 1.69. The van der Waals surface area contributed by atoms with E-state index in [9.17, 15) is 24.0 Å². The monoisotopic (exact) mass is 380 g/mol. The van der Waals surface area contributed by atoms with Gasteiger partial charge in [-0.25, -0.2) is 9.00 Å². The minimum absolute atomic E-state index is 0.0392. The van der Waals surface area contributed by atoms with E-state index in [1.165, 1.54) is 23.5 Å². The predicted molar refractivity (Wildman–Crippen MR) is 89.8 cm³/mol. The third-order valence-electron chi connectivity index (χ3n) is 4.61. The minimum Gasteiger partial charge on any atom is -0.480 e. The molecular weight excluding hydrogens is 360 g/mol. The van der Waals surface area contributed by atoms with Crippen molar-refractivity contribution in [1.29, 1.82) is 4.78 Å². The van der Waals surface area contributed by atoms with Crippen LogP contribution < -0.4 is 0 Å². The normalized spacial score (nSPS) is 44.5. The first-order chi connectivity index (χ1) is 10.7. The maximum absolute atomic E-state index is 12.1. The van der Waals surface area contributed by atoms with E-state index in [1.54, 1.807) is 11.8 Å². The molecule has 3 aliphatic rings. The molecule has 3 fully saturated rings. The van der Waals surface area contributed by atoms with Gasteiger partial charge in [0.15, 0.2) is 4.08 Å². The standard InChI is InChI=1S/C13H20N2O5S3/c1-7(16)9-10(17)15-6-13(12(18)19,22-11(9)15)21-8-2-4-23(14,20)5-3-8/h7-9,11,14,16H,2-6H2,1H3,(H,18,19)/t7-,8?,9+,11-,13?,23?/m1/s1. The van der Waals surface area contributed by atoms with Crippen molar-refractivity contribution in [2.24, 2.45) is 5.92 Å². The Morgan fingerprint density at radius 2 is 2.13 bits per heavy atom. The summed E-state index contributed by atoms with van der Waals surface area (Å²) >= 11 is 2.57. The Labute approximate surface area is 143 Å². The lowest BCUT2D eigenvalue weighted by Gasteiger charge is -2.42. The second-order valence-corrected chi connectivity index (χ2v) is 12.0. The first-order valence-electron chi connectivity index (χ1n) is 7.47. The van der Waals surface area contributed by atoms with Crippen LogP contribution in [0.1, 0.15) is 19.8 Å². The van der Waals surface area contributed by atoms with Gasteiger partial charge in [0.1, 0.15) is 0 Å². The Morgan fingerprint density at radius 1 is 1.52 bits per heavy atom. The molecular formula is C13H20N2O5S3. The Kier molecular flexibility index (Phi) is 4.40. The Hall–Kier alpha value is -0.450. The molecule has 130 valence electrons. The van der Waals surface area contributed by atoms with Crippen LogP contribution >= 0.6 is 23.5 Å². The molecule has 0 aromatic rings. The Morgan fingerprint density at radius 3 is 2.65 bits per heavy atom. The van der Waals surface area contributed by atoms with Crippen LogP contribution in [-0.2, 0) is 19.3 Å². The number of aliphatic hydroxyl groups is 1. The van der Waals surface area contributed by atoms with E-state index < -0.39 is 31.8 Å². The molecule has 3 aliphatic heterocycles. The Balaban J connectivity index is 1.73. The first-order valence-corrected chi connectivity index (χ1v) is 11.1. The molecule has 7 nitrogen and oxygen atoms in total. The predicted octanol–water partition coefficient (Wildman–Crippen LogP) is 0.622. The molecule has 4 atom stereocenters. The molecule has 0 aliphatic carbocycles. The number of carbonyl (C=O) groups is 2. The number of aliphatic carboxylic acids is 1. The van der Waals surface area contributed by atoms with Gasteiger partial charge in [0.2, 0.25) is 5.91 Å². The van der Waals surface area contributed by atoms with E-state index in [0.29, 0.717) is 24.3 Å². The van der Waals surface area contributed by atoms with Gasteiger partial charge < -0.3 is 15.1 Å². The molecule has 0 radical (unpaired) electrons. The van der Waals surface area contributed by atoms with Gasteiger partial charge in [-0.15, -0.1) is 23.5 Å². The van der Waals surface area contributed by atoms with E-state index in [2.05, 4.69) is 0 Å². The minimum atomic E-state index is -2.49. The molecule has 0 aromatic heterocycles. The average molecular weight is 381 g/mol. The van der Waals surface area contributed by atoms with Gasteiger partial charge in [0.25, 0.3) is 0 Å². The first kappa shape index (κ1) is 17.4. The third kappa shape index (κ3) is 2.98. The summed E-state index contributed by atoms with van der Waals surface area (Å²) in [5, 5.41) is 19.2. The van der Waals surface area contributed by atoms with Gasteiger partial charge in [-0.2, -0.15) is 0 Å². The molecule has 3 heterocycles. The summed E-state index contributed by atoms with van der Waals surface area (Å²) in [5.41, 5.74) is 0. The molecule has 3 saturated heterocycles. The fourth-order valence-electron chi connectivity index (χ4n) is 3.27. The largest absolute Gasteiger partial charge is 0.480 e. The number of hydrogen-bond acceptors (Lipinski definition) is 7. The van der Waals surface area contributed by atoms with Gasteiger partial charge in [0.05, 0.1) is 23.9 Å². The van der Waals surface area contributed by atoms with Gasteiger partial charge in [0, 0.05) is 26.5 Å². The van der Waals surface area contributed by atoms with Crippen LogP contribution in [0.3, 0.4) is 0 Å². The highest BCUT2D eigenvalue weighted by Gasteiger charge is 2.63. The van der Waals surface area contributed by atoms with Crippen molar-refractivity contribution in [3.05, 3.63) is 0 Å². The zero-order valence-electron chi connectivity index (χ0n) is 12.6. The second kappa shape index (κ2) is 5.82. The van der Waals surface area contributed by atoms with E-state index in [1.807, 2.05) is 0 Å². The van der Waals surface area contributed by atoms with E-state index in [0.717, 1.165) is 0 Å². The molecule has 3 rings (SSSR count). The fraction of sp³-hybridized carbons (Fsp3) is 0.846. The van der Waals surface area contributed by atoms with Crippen LogP contribution in [-0.4, -0.2) is 70.1 Å². The van der Waals surface area contributed by atoms with Crippen LogP contribution in [0.2, 0.25) is 0 Å². The summed E-state index contributed by atoms with van der Waals surface area (Å²) in [4.78, 5) is 25.5. The molecule has 0 spiro atoms. The van der Waals surface area contributed by atoms with Gasteiger partial charge >= 0.3 is 5.97 Å². The molecule has 3 N–H and O–H groups in total. The topological polar surface area (TPSA) is 119 Å². The highest BCUT2D eigenvalue weighted by atomic mass is 32.2. The van der Waals surface area contributed by atoms with Crippen molar-refractivity contribution in [3.63, 3.8) is 0 Å². The van der Waals surface area contributed by atoms with Gasteiger partial charge in [-0.05, 0) is 19.8 Å². The number of hydrogen-bond donors (Lipinski definition) is 3. The number of carboxylic acid groups (broad SMARTS) is 1. The summed E-state index contributed by atoms with van der Waals surface area (Å²) in [7, 11) is -2.49. The van der Waals surface area contributed by atoms with Gasteiger partial charge in [-0.1, -0.05) is 0 Å². The molecule has 23 heavy (non-hydrogen) atoms. The molecule has 0 bridgehead atoms. The summed E-state index contributed by atoms with van der Waals surface area (Å²) in [5.74, 6) is -1.05. The highest BCUT2D eigenvalue weighted by Crippen LogP contribution is 2.56. The maximum atomic E-state index is 12.1. The van der Waals surface area contributed by atoms with Crippen molar-refractivity contribution in [3.8, 4) is 0 Å². The third-order valence-corrected chi connectivity index (χ3v) is 9.94. The van der Waals surface area contributed by atoms with Crippen LogP contribution in [0.25, 0.3) is 0 Å². The number of amides is 1. The van der Waals surface area contributed by atoms with Crippen molar-refractivity contribution >= 4 is 45.1 Å². The number of thioether (sulfide) groups is 2. The SMILES string of the molecule is C[C@@H](O)[C@H]1C(=O)N2CC(SC3CCS(=N)(=O)CC3)(C(=O)O)S[C@H]12. The number of carboxylic acids is 1. The molecule has 0 aromatic carbocycles. The van der Waals surface area contributed by atoms with Crippen LogP contribution in [0, 0.1) is 10.7 Å². The van der Waals surface area contributed by atoms with E-state index >= 15 is 0 Å². The smallest absolute Gasteiger partial charge is 0.332 e. The lowest BCUT2D eigenvalue weighted by Crippen LogP contribution is -2.60. The van der Waals surface area contributed by atoms with Crippen molar-refractivity contribution < 1.29 is 24.0 Å². The summed E-state index contributed by atoms with van der Waals surface area (Å²) < 4.78 is 18.2. The molecule has 0 saturated carbocycles. The van der Waals surface area contributed by atoms with Crippen molar-refractivity contribution in [2.45, 2.75) is 40.6 Å². The van der Waals surface area contributed by atoms with Crippen molar-refractivity contribution in [1.82, 2.24) is 4.90 Å². The lowest BCUT2D eigenvalue weighted by molar-refractivity contribution is -0.155. The number of nitrogens with one attached hydrogen (secondary N) is 1. The summed E-state index contributed by atoms with van der Waals surface area (Å²) in [6.07, 6.45) is 0.357. The number of fused-ring (bicyclic) bond motifs is 1. The van der Waals surface area contributed by atoms with Crippen LogP contribution in [0.15, 0.2) is 0 Å². The number of nitrogens with zero attached hydrogens (tertiary/aromatic N) is 1. The fourth-order valence-corrected chi connectivity index (χ4v) is 8.85. The maximum Gasteiger partial charge on any atom is 0.332 e. The lowest BCUT2D eigenvalue weighted by atomic mass is 9.93. The van der Waals surface area contributed by atoms with Crippen molar-refractivity contribution in [2.75, 3.05) is 18.1 Å². The molecule has 1 amide bonds. The summed E-state index contributed by atoms with van der Waals surface area (Å²) in [6, 6.07) is 0. The second-order valence-electron chi connectivity index (χ2n) is 6.34. The zero-order chi connectivity index (χ0) is 17.0. The number of carbonyl (C=O) groups excluding carboxylic acids is 1. The van der Waals surface area contributed by atoms with Crippen LogP contribution in [0.5, 0.6) is 0 Å². The Bertz CT molecular complexity index is 624. The molecule has 1 unspecified atom stereocenters. The number of rotatable bonds is 4. The quantitative estimate of drug-likeness (QED) is 0.612. The molecule has 10 heteroatoms. The number of aliphatic hydroxyl groups excluding tert-OH is 1. The highest BCUT2D eigenvalue weighted by molar-refractivity contribution is 8.20. The van der Waals surface area contributed by atoms with E-state index in [4.69, 9.17) is 4.78 Å².